The maximum atomic E-state index is 10.9. The van der Waals surface area contributed by atoms with Crippen LogP contribution in [-0.2, 0) is 4.79 Å². The van der Waals surface area contributed by atoms with Crippen molar-refractivity contribution in [2.45, 2.75) is 13.8 Å². The van der Waals surface area contributed by atoms with Crippen LogP contribution < -0.4 is 4.90 Å². The highest BCUT2D eigenvalue weighted by atomic mass is 35.5. The molecule has 96 valence electrons. The van der Waals surface area contributed by atoms with Crippen LogP contribution in [-0.4, -0.2) is 29.1 Å². The van der Waals surface area contributed by atoms with Crippen molar-refractivity contribution in [3.05, 3.63) is 22.8 Å². The maximum Gasteiger partial charge on any atom is 0.323 e. The summed E-state index contributed by atoms with van der Waals surface area (Å²) >= 11 is 6.05. The SMILES string of the molecule is CC(C)CN(CC(=O)O)c1nccc(C#N)c1Cl. The number of nitrogens with zero attached hydrogens (tertiary/aromatic N) is 3. The number of hydrogen-bond acceptors (Lipinski definition) is 4. The molecule has 0 aliphatic rings. The normalized spacial score (nSPS) is 10.2. The molecule has 5 nitrogen and oxygen atoms in total. The molecule has 0 bridgehead atoms. The number of aliphatic carboxylic acids is 1. The summed E-state index contributed by atoms with van der Waals surface area (Å²) in [5, 5.41) is 18.0. The Morgan fingerprint density at radius 1 is 1.67 bits per heavy atom. The number of carbonyl (C=O) groups is 1. The number of halogens is 1. The van der Waals surface area contributed by atoms with Crippen molar-refractivity contribution in [2.24, 2.45) is 5.92 Å². The van der Waals surface area contributed by atoms with Crippen molar-refractivity contribution < 1.29 is 9.90 Å². The predicted octanol–water partition coefficient (Wildman–Crippen LogP) is 2.15. The second-order valence-electron chi connectivity index (χ2n) is 4.28. The molecule has 0 atom stereocenters. The third kappa shape index (κ3) is 3.60. The molecule has 0 spiro atoms. The van der Waals surface area contributed by atoms with E-state index in [4.69, 9.17) is 22.0 Å². The maximum absolute atomic E-state index is 10.9. The zero-order valence-electron chi connectivity index (χ0n) is 10.2. The third-order valence-corrected chi connectivity index (χ3v) is 2.58. The van der Waals surface area contributed by atoms with Crippen molar-refractivity contribution >= 4 is 23.4 Å². The molecule has 0 aliphatic heterocycles. The number of carboxylic acid groups (broad SMARTS) is 1. The average Bonchev–Trinajstić information content (AvgIpc) is 2.27. The summed E-state index contributed by atoms with van der Waals surface area (Å²) in [6.45, 7) is 4.25. The molecule has 1 rings (SSSR count). The van der Waals surface area contributed by atoms with Crippen LogP contribution >= 0.6 is 11.6 Å². The summed E-state index contributed by atoms with van der Waals surface area (Å²) in [7, 11) is 0. The van der Waals surface area contributed by atoms with E-state index in [1.54, 1.807) is 4.90 Å². The Balaban J connectivity index is 3.12. The van der Waals surface area contributed by atoms with Gasteiger partial charge in [0.05, 0.1) is 5.56 Å². The summed E-state index contributed by atoms with van der Waals surface area (Å²) in [6.07, 6.45) is 1.45. The largest absolute Gasteiger partial charge is 0.480 e. The number of rotatable bonds is 5. The van der Waals surface area contributed by atoms with Gasteiger partial charge >= 0.3 is 5.97 Å². The Bertz CT molecular complexity index is 483. The molecule has 1 aromatic rings. The average molecular weight is 268 g/mol. The lowest BCUT2D eigenvalue weighted by Crippen LogP contribution is -2.33. The highest BCUT2D eigenvalue weighted by Crippen LogP contribution is 2.26. The fraction of sp³-hybridized carbons (Fsp3) is 0.417. The van der Waals surface area contributed by atoms with Gasteiger partial charge < -0.3 is 10.0 Å². The molecule has 0 saturated carbocycles. The minimum Gasteiger partial charge on any atom is -0.480 e. The summed E-state index contributed by atoms with van der Waals surface area (Å²) in [5.41, 5.74) is 0.292. The first-order chi connectivity index (χ1) is 8.45. The molecule has 0 saturated heterocycles. The molecule has 0 fully saturated rings. The van der Waals surface area contributed by atoms with Gasteiger partial charge in [-0.2, -0.15) is 5.26 Å². The van der Waals surface area contributed by atoms with E-state index in [1.807, 2.05) is 19.9 Å². The predicted molar refractivity (Wildman–Crippen MR) is 68.6 cm³/mol. The van der Waals surface area contributed by atoms with Gasteiger partial charge in [0.1, 0.15) is 23.5 Å². The molecule has 1 heterocycles. The lowest BCUT2D eigenvalue weighted by molar-refractivity contribution is -0.135. The first-order valence-electron chi connectivity index (χ1n) is 5.47. The van der Waals surface area contributed by atoms with Gasteiger partial charge in [0.25, 0.3) is 0 Å². The van der Waals surface area contributed by atoms with Crippen molar-refractivity contribution in [2.75, 3.05) is 18.0 Å². The minimum absolute atomic E-state index is 0.195. The van der Waals surface area contributed by atoms with Gasteiger partial charge in [0, 0.05) is 12.7 Å². The molecular weight excluding hydrogens is 254 g/mol. The first-order valence-corrected chi connectivity index (χ1v) is 5.84. The van der Waals surface area contributed by atoms with Gasteiger partial charge in [-0.1, -0.05) is 25.4 Å². The summed E-state index contributed by atoms with van der Waals surface area (Å²) in [6, 6.07) is 3.45. The molecule has 0 amide bonds. The second kappa shape index (κ2) is 6.22. The second-order valence-corrected chi connectivity index (χ2v) is 4.65. The number of nitriles is 1. The Morgan fingerprint density at radius 3 is 2.83 bits per heavy atom. The summed E-state index contributed by atoms with van der Waals surface area (Å²) in [5.74, 6) is -0.365. The molecule has 0 aromatic carbocycles. The lowest BCUT2D eigenvalue weighted by Gasteiger charge is -2.24. The van der Waals surface area contributed by atoms with E-state index in [0.29, 0.717) is 17.9 Å². The molecule has 1 N–H and O–H groups in total. The van der Waals surface area contributed by atoms with Crippen LogP contribution in [0.5, 0.6) is 0 Å². The monoisotopic (exact) mass is 267 g/mol. The Hall–Kier alpha value is -1.80. The van der Waals surface area contributed by atoms with Crippen LogP contribution in [0.25, 0.3) is 0 Å². The van der Waals surface area contributed by atoms with Gasteiger partial charge in [0.15, 0.2) is 0 Å². The van der Waals surface area contributed by atoms with Crippen LogP contribution in [0.3, 0.4) is 0 Å². The standard InChI is InChI=1S/C12H14ClN3O2/c1-8(2)6-16(7-10(17)18)12-11(13)9(5-14)3-4-15-12/h3-4,8H,6-7H2,1-2H3,(H,17,18). The van der Waals surface area contributed by atoms with Crippen LogP contribution in [0.1, 0.15) is 19.4 Å². The molecular formula is C12H14ClN3O2. The third-order valence-electron chi connectivity index (χ3n) is 2.20. The summed E-state index contributed by atoms with van der Waals surface area (Å²) in [4.78, 5) is 16.5. The van der Waals surface area contributed by atoms with Crippen LogP contribution in [0, 0.1) is 17.2 Å². The van der Waals surface area contributed by atoms with Gasteiger partial charge in [-0.15, -0.1) is 0 Å². The topological polar surface area (TPSA) is 77.2 Å². The number of aromatic nitrogens is 1. The van der Waals surface area contributed by atoms with E-state index in [0.717, 1.165) is 0 Å². The van der Waals surface area contributed by atoms with E-state index in [2.05, 4.69) is 4.98 Å². The Labute approximate surface area is 111 Å². The number of anilines is 1. The molecule has 6 heteroatoms. The van der Waals surface area contributed by atoms with Crippen LogP contribution in [0.15, 0.2) is 12.3 Å². The first kappa shape index (κ1) is 14.3. The fourth-order valence-corrected chi connectivity index (χ4v) is 1.84. The van der Waals surface area contributed by atoms with E-state index in [-0.39, 0.29) is 17.5 Å². The Kier molecular flexibility index (Phi) is 4.93. The van der Waals surface area contributed by atoms with Crippen molar-refractivity contribution in [3.8, 4) is 6.07 Å². The molecule has 0 unspecified atom stereocenters. The van der Waals surface area contributed by atoms with Gasteiger partial charge in [0.2, 0.25) is 0 Å². The van der Waals surface area contributed by atoms with E-state index in [9.17, 15) is 4.79 Å². The minimum atomic E-state index is -0.962. The molecule has 0 aliphatic carbocycles. The number of carboxylic acids is 1. The fourth-order valence-electron chi connectivity index (χ4n) is 1.57. The smallest absolute Gasteiger partial charge is 0.323 e. The molecule has 1 aromatic heterocycles. The van der Waals surface area contributed by atoms with Crippen molar-refractivity contribution in [1.82, 2.24) is 4.98 Å². The van der Waals surface area contributed by atoms with Crippen LogP contribution in [0.4, 0.5) is 5.82 Å². The van der Waals surface area contributed by atoms with E-state index in [1.165, 1.54) is 12.3 Å². The van der Waals surface area contributed by atoms with Gasteiger partial charge in [-0.3, -0.25) is 4.79 Å². The highest BCUT2D eigenvalue weighted by molar-refractivity contribution is 6.34. The lowest BCUT2D eigenvalue weighted by atomic mass is 10.2. The van der Waals surface area contributed by atoms with Gasteiger partial charge in [-0.05, 0) is 12.0 Å². The summed E-state index contributed by atoms with van der Waals surface area (Å²) < 4.78 is 0. The van der Waals surface area contributed by atoms with Crippen molar-refractivity contribution in [3.63, 3.8) is 0 Å². The zero-order chi connectivity index (χ0) is 13.7. The number of pyridine rings is 1. The Morgan fingerprint density at radius 2 is 2.33 bits per heavy atom. The van der Waals surface area contributed by atoms with E-state index < -0.39 is 5.97 Å². The van der Waals surface area contributed by atoms with Crippen molar-refractivity contribution in [1.29, 1.82) is 5.26 Å². The quantitative estimate of drug-likeness (QED) is 0.884. The van der Waals surface area contributed by atoms with Crippen LogP contribution in [0.2, 0.25) is 5.02 Å². The highest BCUT2D eigenvalue weighted by Gasteiger charge is 2.18. The van der Waals surface area contributed by atoms with E-state index >= 15 is 0 Å². The number of hydrogen-bond donors (Lipinski definition) is 1. The van der Waals surface area contributed by atoms with Gasteiger partial charge in [-0.25, -0.2) is 4.98 Å². The molecule has 0 radical (unpaired) electrons. The zero-order valence-corrected chi connectivity index (χ0v) is 11.0. The molecule has 18 heavy (non-hydrogen) atoms.